The molecule has 5 heteroatoms. The van der Waals surface area contributed by atoms with Gasteiger partial charge in [0, 0.05) is 34.7 Å². The summed E-state index contributed by atoms with van der Waals surface area (Å²) in [6.07, 6.45) is 1.91. The third-order valence-corrected chi connectivity index (χ3v) is 8.89. The number of hydrogen-bond donors (Lipinski definition) is 0. The molecule has 0 aliphatic heterocycles. The second-order valence-corrected chi connectivity index (χ2v) is 14.0. The van der Waals surface area contributed by atoms with E-state index in [1.807, 2.05) is 18.3 Å². The lowest BCUT2D eigenvalue weighted by molar-refractivity contribution is 0.482. The Morgan fingerprint density at radius 1 is 0.660 bits per heavy atom. The molecule has 0 N–H and O–H groups in total. The summed E-state index contributed by atoms with van der Waals surface area (Å²) in [5.74, 6) is 2.97. The molecule has 0 fully saturated rings. The fourth-order valence-electron chi connectivity index (χ4n) is 6.57. The van der Waals surface area contributed by atoms with Crippen molar-refractivity contribution in [2.75, 3.05) is 0 Å². The minimum absolute atomic E-state index is 0.0115. The van der Waals surface area contributed by atoms with Crippen molar-refractivity contribution < 1.29 is 4.74 Å². The van der Waals surface area contributed by atoms with Gasteiger partial charge in [-0.25, -0.2) is 9.67 Å². The Morgan fingerprint density at radius 2 is 1.38 bits per heavy atom. The quantitative estimate of drug-likeness (QED) is 0.178. The average molecular weight is 619 g/mol. The van der Waals surface area contributed by atoms with E-state index in [1.54, 1.807) is 0 Å². The highest BCUT2D eigenvalue weighted by atomic mass is 16.5. The highest BCUT2D eigenvalue weighted by Crippen LogP contribution is 2.39. The fraction of sp³-hybridized carbons (Fsp3) is 0.238. The van der Waals surface area contributed by atoms with E-state index in [0.717, 1.165) is 45.1 Å². The van der Waals surface area contributed by atoms with Crippen molar-refractivity contribution in [3.63, 3.8) is 0 Å². The van der Waals surface area contributed by atoms with Gasteiger partial charge in [-0.05, 0) is 70.8 Å². The topological polar surface area (TPSA) is 44.9 Å². The van der Waals surface area contributed by atoms with Crippen LogP contribution in [0.1, 0.15) is 77.3 Å². The van der Waals surface area contributed by atoms with Crippen molar-refractivity contribution in [3.8, 4) is 34.1 Å². The molecule has 0 radical (unpaired) electrons. The molecule has 0 amide bonds. The van der Waals surface area contributed by atoms with E-state index in [-0.39, 0.29) is 17.3 Å². The van der Waals surface area contributed by atoms with Gasteiger partial charge in [-0.2, -0.15) is 5.10 Å². The molecule has 0 unspecified atom stereocenters. The van der Waals surface area contributed by atoms with Crippen molar-refractivity contribution in [1.82, 2.24) is 19.3 Å². The van der Waals surface area contributed by atoms with Crippen LogP contribution >= 0.6 is 0 Å². The number of benzene rings is 4. The summed E-state index contributed by atoms with van der Waals surface area (Å²) in [5.41, 5.74) is 9.15. The average Bonchev–Trinajstić information content (AvgIpc) is 3.62. The molecule has 3 aromatic heterocycles. The number of pyridine rings is 1. The van der Waals surface area contributed by atoms with Gasteiger partial charge in [-0.1, -0.05) is 103 Å². The van der Waals surface area contributed by atoms with Gasteiger partial charge in [0.25, 0.3) is 0 Å². The number of ether oxygens (including phenoxy) is 1. The Hall–Kier alpha value is -5.16. The molecule has 0 aliphatic carbocycles. The lowest BCUT2D eigenvalue weighted by atomic mass is 9.88. The van der Waals surface area contributed by atoms with Gasteiger partial charge < -0.3 is 4.74 Å². The molecule has 0 saturated heterocycles. The molecule has 47 heavy (non-hydrogen) atoms. The molecule has 236 valence electrons. The Labute approximate surface area is 277 Å². The van der Waals surface area contributed by atoms with Crippen molar-refractivity contribution >= 4 is 21.8 Å². The Bertz CT molecular complexity index is 2210. The van der Waals surface area contributed by atoms with Crippen LogP contribution < -0.4 is 4.74 Å². The standard InChI is InChI=1S/C42H42N4O/c1-27(2)40-39(29-14-9-8-10-15-29)41(28(3)4)46(44-40)31-16-13-17-32(25-31)47-33-20-21-35-34-18-11-12-19-36(34)45(37(35)26-33)38-24-30(22-23-43-38)42(5,6)7/h8-28H,1-7H3. The summed E-state index contributed by atoms with van der Waals surface area (Å²) < 4.78 is 11.0. The zero-order valence-electron chi connectivity index (χ0n) is 28.3. The monoisotopic (exact) mass is 618 g/mol. The van der Waals surface area contributed by atoms with Crippen LogP contribution in [0.3, 0.4) is 0 Å². The predicted octanol–water partition coefficient (Wildman–Crippen LogP) is 11.4. The molecular formula is C42H42N4O. The molecular weight excluding hydrogens is 576 g/mol. The summed E-state index contributed by atoms with van der Waals surface area (Å²) in [5, 5.41) is 7.56. The van der Waals surface area contributed by atoms with Gasteiger partial charge in [0.15, 0.2) is 0 Å². The number of rotatable bonds is 7. The van der Waals surface area contributed by atoms with Gasteiger partial charge in [-0.3, -0.25) is 4.57 Å². The molecule has 0 aliphatic rings. The van der Waals surface area contributed by atoms with Gasteiger partial charge >= 0.3 is 0 Å². The maximum atomic E-state index is 6.61. The first-order valence-corrected chi connectivity index (χ1v) is 16.6. The number of aromatic nitrogens is 4. The zero-order valence-corrected chi connectivity index (χ0v) is 28.3. The van der Waals surface area contributed by atoms with Crippen molar-refractivity contribution in [2.24, 2.45) is 0 Å². The van der Waals surface area contributed by atoms with Crippen LogP contribution in [0.25, 0.3) is 44.4 Å². The third kappa shape index (κ3) is 5.61. The summed E-state index contributed by atoms with van der Waals surface area (Å²) in [7, 11) is 0. The fourth-order valence-corrected chi connectivity index (χ4v) is 6.57. The molecule has 0 saturated carbocycles. The first-order valence-electron chi connectivity index (χ1n) is 16.6. The molecule has 0 spiro atoms. The van der Waals surface area contributed by atoms with Crippen LogP contribution in [0.4, 0.5) is 0 Å². The van der Waals surface area contributed by atoms with Crippen LogP contribution in [0, 0.1) is 0 Å². The smallest absolute Gasteiger partial charge is 0.137 e. The Balaban J connectivity index is 1.32. The molecule has 0 bridgehead atoms. The number of para-hydroxylation sites is 1. The summed E-state index contributed by atoms with van der Waals surface area (Å²) in [6, 6.07) is 38.1. The zero-order chi connectivity index (χ0) is 32.9. The largest absolute Gasteiger partial charge is 0.457 e. The summed E-state index contributed by atoms with van der Waals surface area (Å²) >= 11 is 0. The molecule has 7 rings (SSSR count). The van der Waals surface area contributed by atoms with Crippen LogP contribution in [0.2, 0.25) is 0 Å². The van der Waals surface area contributed by atoms with Gasteiger partial charge in [0.1, 0.15) is 17.3 Å². The van der Waals surface area contributed by atoms with E-state index >= 15 is 0 Å². The highest BCUT2D eigenvalue weighted by molar-refractivity contribution is 6.09. The lowest BCUT2D eigenvalue weighted by Gasteiger charge is -2.20. The minimum atomic E-state index is 0.0115. The second kappa shape index (κ2) is 11.9. The SMILES string of the molecule is CC(C)c1nn(-c2cccc(Oc3ccc4c5ccccc5n(-c5cc(C(C)(C)C)ccn5)c4c3)c2)c(C(C)C)c1-c1ccccc1. The number of hydrogen-bond acceptors (Lipinski definition) is 3. The number of fused-ring (bicyclic) bond motifs is 3. The predicted molar refractivity (Wildman–Crippen MR) is 195 cm³/mol. The van der Waals surface area contributed by atoms with Crippen LogP contribution in [-0.2, 0) is 5.41 Å². The van der Waals surface area contributed by atoms with Crippen LogP contribution in [0.5, 0.6) is 11.5 Å². The van der Waals surface area contributed by atoms with Gasteiger partial charge in [0.05, 0.1) is 28.1 Å². The van der Waals surface area contributed by atoms with E-state index in [1.165, 1.54) is 27.8 Å². The maximum Gasteiger partial charge on any atom is 0.137 e. The molecule has 0 atom stereocenters. The first kappa shape index (κ1) is 30.5. The van der Waals surface area contributed by atoms with Gasteiger partial charge in [-0.15, -0.1) is 0 Å². The molecule has 5 nitrogen and oxygen atoms in total. The molecule has 4 aromatic carbocycles. The van der Waals surface area contributed by atoms with E-state index in [0.29, 0.717) is 0 Å². The van der Waals surface area contributed by atoms with Crippen molar-refractivity contribution in [1.29, 1.82) is 0 Å². The maximum absolute atomic E-state index is 6.61. The third-order valence-electron chi connectivity index (χ3n) is 8.89. The Morgan fingerprint density at radius 3 is 2.13 bits per heavy atom. The summed E-state index contributed by atoms with van der Waals surface area (Å²) in [4.78, 5) is 4.83. The number of nitrogens with zero attached hydrogens (tertiary/aromatic N) is 4. The molecule has 7 aromatic rings. The van der Waals surface area contributed by atoms with E-state index in [2.05, 4.69) is 155 Å². The minimum Gasteiger partial charge on any atom is -0.457 e. The normalized spacial score (nSPS) is 12.1. The van der Waals surface area contributed by atoms with Crippen LogP contribution in [0.15, 0.2) is 115 Å². The van der Waals surface area contributed by atoms with Gasteiger partial charge in [0.2, 0.25) is 0 Å². The van der Waals surface area contributed by atoms with Crippen LogP contribution in [-0.4, -0.2) is 19.3 Å². The second-order valence-electron chi connectivity index (χ2n) is 14.0. The summed E-state index contributed by atoms with van der Waals surface area (Å²) in [6.45, 7) is 15.6. The lowest BCUT2D eigenvalue weighted by Crippen LogP contribution is -2.12. The van der Waals surface area contributed by atoms with Crippen molar-refractivity contribution in [3.05, 3.63) is 132 Å². The Kier molecular flexibility index (Phi) is 7.71. The van der Waals surface area contributed by atoms with Crippen molar-refractivity contribution in [2.45, 2.75) is 65.7 Å². The highest BCUT2D eigenvalue weighted by Gasteiger charge is 2.24. The van der Waals surface area contributed by atoms with E-state index < -0.39 is 0 Å². The molecule has 3 heterocycles. The van der Waals surface area contributed by atoms with E-state index in [4.69, 9.17) is 14.8 Å². The van der Waals surface area contributed by atoms with E-state index in [9.17, 15) is 0 Å². The first-order chi connectivity index (χ1) is 22.6.